The van der Waals surface area contributed by atoms with E-state index in [1.54, 1.807) is 10.6 Å². The third-order valence-corrected chi connectivity index (χ3v) is 1.85. The van der Waals surface area contributed by atoms with Gasteiger partial charge in [-0.3, -0.25) is 0 Å². The Kier molecular flexibility index (Phi) is 1.81. The first-order valence-electron chi connectivity index (χ1n) is 3.85. The number of aromatic nitrogens is 2. The molecule has 0 unspecified atom stereocenters. The Morgan fingerprint density at radius 3 is 3.15 bits per heavy atom. The van der Waals surface area contributed by atoms with Crippen LogP contribution >= 0.6 is 0 Å². The lowest BCUT2D eigenvalue weighted by molar-refractivity contribution is -0.108. The number of carbonyl (C=O) groups excluding carboxylic acids is 1. The predicted octanol–water partition coefficient (Wildman–Crippen LogP) is 1.37. The maximum absolute atomic E-state index is 12.8. The van der Waals surface area contributed by atoms with Gasteiger partial charge < -0.3 is 9.36 Å². The Morgan fingerprint density at radius 1 is 1.54 bits per heavy atom. The minimum atomic E-state index is -0.319. The van der Waals surface area contributed by atoms with E-state index in [-0.39, 0.29) is 12.4 Å². The minimum Gasteiger partial charge on any atom is -0.323 e. The molecule has 1 heterocycles. The number of halogens is 1. The van der Waals surface area contributed by atoms with Crippen molar-refractivity contribution in [3.63, 3.8) is 0 Å². The molecule has 3 nitrogen and oxygen atoms in total. The van der Waals surface area contributed by atoms with Gasteiger partial charge in [0.05, 0.1) is 23.9 Å². The fraction of sp³-hybridized carbons (Fsp3) is 0.111. The van der Waals surface area contributed by atoms with Crippen molar-refractivity contribution in [3.8, 4) is 0 Å². The second kappa shape index (κ2) is 2.97. The van der Waals surface area contributed by atoms with Gasteiger partial charge in [0.25, 0.3) is 0 Å². The monoisotopic (exact) mass is 178 g/mol. The van der Waals surface area contributed by atoms with E-state index in [1.807, 2.05) is 0 Å². The molecule has 0 saturated carbocycles. The Labute approximate surface area is 73.8 Å². The lowest BCUT2D eigenvalue weighted by Gasteiger charge is -1.96. The van der Waals surface area contributed by atoms with Gasteiger partial charge in [-0.25, -0.2) is 9.37 Å². The van der Waals surface area contributed by atoms with Gasteiger partial charge in [-0.15, -0.1) is 0 Å². The summed E-state index contributed by atoms with van der Waals surface area (Å²) in [5.74, 6) is -0.319. The van der Waals surface area contributed by atoms with Gasteiger partial charge >= 0.3 is 0 Å². The lowest BCUT2D eigenvalue weighted by atomic mass is 10.3. The van der Waals surface area contributed by atoms with E-state index in [2.05, 4.69) is 4.98 Å². The fourth-order valence-electron chi connectivity index (χ4n) is 1.26. The summed E-state index contributed by atoms with van der Waals surface area (Å²) in [5, 5.41) is 0. The number of nitrogens with zero attached hydrogens (tertiary/aromatic N) is 2. The molecule has 2 rings (SSSR count). The number of hydrogen-bond acceptors (Lipinski definition) is 2. The zero-order valence-corrected chi connectivity index (χ0v) is 6.77. The van der Waals surface area contributed by atoms with Crippen LogP contribution in [0.2, 0.25) is 0 Å². The third kappa shape index (κ3) is 1.30. The van der Waals surface area contributed by atoms with Crippen LogP contribution in [0, 0.1) is 5.82 Å². The molecule has 4 heteroatoms. The number of rotatable bonds is 2. The molecule has 66 valence electrons. The van der Waals surface area contributed by atoms with Crippen LogP contribution in [0.4, 0.5) is 4.39 Å². The summed E-state index contributed by atoms with van der Waals surface area (Å²) in [6, 6.07) is 4.30. The highest BCUT2D eigenvalue weighted by Crippen LogP contribution is 2.13. The molecule has 0 radical (unpaired) electrons. The summed E-state index contributed by atoms with van der Waals surface area (Å²) in [5.41, 5.74) is 1.34. The van der Waals surface area contributed by atoms with E-state index in [9.17, 15) is 9.18 Å². The molecule has 1 aromatic carbocycles. The number of imidazole rings is 1. The second-order valence-corrected chi connectivity index (χ2v) is 2.70. The molecule has 0 spiro atoms. The third-order valence-electron chi connectivity index (χ3n) is 1.85. The van der Waals surface area contributed by atoms with Crippen LogP contribution in [0.15, 0.2) is 24.5 Å². The van der Waals surface area contributed by atoms with Crippen molar-refractivity contribution in [2.45, 2.75) is 6.54 Å². The van der Waals surface area contributed by atoms with Crippen molar-refractivity contribution in [2.24, 2.45) is 0 Å². The van der Waals surface area contributed by atoms with Gasteiger partial charge in [0.15, 0.2) is 0 Å². The number of hydrogen-bond donors (Lipinski definition) is 0. The number of fused-ring (bicyclic) bond motifs is 1. The summed E-state index contributed by atoms with van der Waals surface area (Å²) in [7, 11) is 0. The van der Waals surface area contributed by atoms with Crippen molar-refractivity contribution in [1.29, 1.82) is 0 Å². The van der Waals surface area contributed by atoms with Crippen molar-refractivity contribution in [2.75, 3.05) is 0 Å². The highest BCUT2D eigenvalue weighted by atomic mass is 19.1. The van der Waals surface area contributed by atoms with Crippen LogP contribution in [-0.2, 0) is 11.3 Å². The van der Waals surface area contributed by atoms with Crippen LogP contribution < -0.4 is 0 Å². The molecule has 0 aliphatic rings. The average Bonchev–Trinajstić information content (AvgIpc) is 2.49. The number of aldehydes is 1. The van der Waals surface area contributed by atoms with Crippen molar-refractivity contribution in [3.05, 3.63) is 30.3 Å². The smallest absolute Gasteiger partial charge is 0.139 e. The Morgan fingerprint density at radius 2 is 2.38 bits per heavy atom. The average molecular weight is 178 g/mol. The summed E-state index contributed by atoms with van der Waals surface area (Å²) in [6.45, 7) is 0.208. The molecule has 13 heavy (non-hydrogen) atoms. The van der Waals surface area contributed by atoms with E-state index in [1.165, 1.54) is 18.5 Å². The standard InChI is InChI=1S/C9H7FN2O/c10-7-1-2-8-9(5-7)12(3-4-13)6-11-8/h1-2,4-6H,3H2. The van der Waals surface area contributed by atoms with Gasteiger partial charge in [0.1, 0.15) is 12.1 Å². The molecule has 0 aliphatic carbocycles. The molecule has 0 amide bonds. The first kappa shape index (κ1) is 7.91. The molecule has 0 fully saturated rings. The number of carbonyl (C=O) groups is 1. The molecule has 1 aromatic heterocycles. The summed E-state index contributed by atoms with van der Waals surface area (Å²) < 4.78 is 14.4. The molecule has 0 aliphatic heterocycles. The van der Waals surface area contributed by atoms with Gasteiger partial charge in [-0.05, 0) is 18.2 Å². The van der Waals surface area contributed by atoms with Gasteiger partial charge in [0.2, 0.25) is 0 Å². The Balaban J connectivity index is 2.64. The lowest BCUT2D eigenvalue weighted by Crippen LogP contribution is -1.96. The first-order chi connectivity index (χ1) is 6.31. The topological polar surface area (TPSA) is 34.9 Å². The predicted molar refractivity (Wildman–Crippen MR) is 45.8 cm³/mol. The van der Waals surface area contributed by atoms with E-state index in [0.29, 0.717) is 11.0 Å². The van der Waals surface area contributed by atoms with E-state index in [0.717, 1.165) is 6.29 Å². The fourth-order valence-corrected chi connectivity index (χ4v) is 1.26. The van der Waals surface area contributed by atoms with Crippen LogP contribution in [0.5, 0.6) is 0 Å². The molecule has 2 aromatic rings. The molecule has 0 atom stereocenters. The molecule has 0 N–H and O–H groups in total. The highest BCUT2D eigenvalue weighted by molar-refractivity contribution is 5.76. The highest BCUT2D eigenvalue weighted by Gasteiger charge is 2.02. The maximum atomic E-state index is 12.8. The van der Waals surface area contributed by atoms with E-state index >= 15 is 0 Å². The zero-order chi connectivity index (χ0) is 9.26. The Bertz CT molecular complexity index is 450. The quantitative estimate of drug-likeness (QED) is 0.651. The zero-order valence-electron chi connectivity index (χ0n) is 6.77. The van der Waals surface area contributed by atoms with Crippen LogP contribution in [0.25, 0.3) is 11.0 Å². The van der Waals surface area contributed by atoms with Crippen molar-refractivity contribution >= 4 is 17.3 Å². The van der Waals surface area contributed by atoms with Gasteiger partial charge in [-0.1, -0.05) is 0 Å². The van der Waals surface area contributed by atoms with Crippen molar-refractivity contribution < 1.29 is 9.18 Å². The van der Waals surface area contributed by atoms with Crippen molar-refractivity contribution in [1.82, 2.24) is 9.55 Å². The van der Waals surface area contributed by atoms with Crippen LogP contribution in [-0.4, -0.2) is 15.8 Å². The van der Waals surface area contributed by atoms with Gasteiger partial charge in [0, 0.05) is 0 Å². The minimum absolute atomic E-state index is 0.208. The maximum Gasteiger partial charge on any atom is 0.139 e. The first-order valence-corrected chi connectivity index (χ1v) is 3.85. The largest absolute Gasteiger partial charge is 0.323 e. The molecule has 0 saturated heterocycles. The normalized spacial score (nSPS) is 10.5. The van der Waals surface area contributed by atoms with Gasteiger partial charge in [-0.2, -0.15) is 0 Å². The van der Waals surface area contributed by atoms with Crippen LogP contribution in [0.1, 0.15) is 0 Å². The molecular weight excluding hydrogens is 171 g/mol. The summed E-state index contributed by atoms with van der Waals surface area (Å²) in [4.78, 5) is 14.3. The molecular formula is C9H7FN2O. The van der Waals surface area contributed by atoms with E-state index < -0.39 is 0 Å². The van der Waals surface area contributed by atoms with Crippen LogP contribution in [0.3, 0.4) is 0 Å². The second-order valence-electron chi connectivity index (χ2n) is 2.70. The SMILES string of the molecule is O=CCn1cnc2ccc(F)cc21. The Hall–Kier alpha value is -1.71. The summed E-state index contributed by atoms with van der Waals surface area (Å²) in [6.07, 6.45) is 2.28. The molecule has 0 bridgehead atoms. The number of benzene rings is 1. The summed E-state index contributed by atoms with van der Waals surface area (Å²) >= 11 is 0. The van der Waals surface area contributed by atoms with E-state index in [4.69, 9.17) is 0 Å².